The van der Waals surface area contributed by atoms with E-state index in [-0.39, 0.29) is 4.90 Å². The van der Waals surface area contributed by atoms with Crippen molar-refractivity contribution in [3.63, 3.8) is 0 Å². The highest BCUT2D eigenvalue weighted by atomic mass is 35.5. The molecule has 11 heteroatoms. The molecular formula is C18H25ClN6O2S2. The van der Waals surface area contributed by atoms with Crippen LogP contribution < -0.4 is 10.5 Å². The highest BCUT2D eigenvalue weighted by Crippen LogP contribution is 2.21. The largest absolute Gasteiger partial charge is 0.348 e. The molecule has 0 saturated carbocycles. The smallest absolute Gasteiger partial charge is 0.238 e. The lowest BCUT2D eigenvalue weighted by Crippen LogP contribution is -2.37. The van der Waals surface area contributed by atoms with Crippen LogP contribution in [0.1, 0.15) is 17.7 Å². The average molecular weight is 457 g/mol. The molecule has 3 rings (SSSR count). The molecule has 0 radical (unpaired) electrons. The van der Waals surface area contributed by atoms with Crippen molar-refractivity contribution in [2.24, 2.45) is 12.2 Å². The molecule has 0 atom stereocenters. The van der Waals surface area contributed by atoms with E-state index in [9.17, 15) is 8.42 Å². The van der Waals surface area contributed by atoms with Crippen molar-refractivity contribution in [3.05, 3.63) is 40.7 Å². The lowest BCUT2D eigenvalue weighted by Gasteiger charge is -2.24. The standard InChI is InChI=1S/C18H25ClN6O2S2/c1-13-16(17(19)23(2)22-13)12-24-8-3-9-25(11-10-24)18(28)21-14-4-6-15(7-5-14)29(20,26)27/h4-7H,3,8-12H2,1-2H3,(H,21,28)(H2,20,26,27). The van der Waals surface area contributed by atoms with E-state index in [0.717, 1.165) is 56.1 Å². The summed E-state index contributed by atoms with van der Waals surface area (Å²) in [5, 5.41) is 14.0. The third-order valence-electron chi connectivity index (χ3n) is 4.96. The van der Waals surface area contributed by atoms with Crippen LogP contribution in [0.25, 0.3) is 0 Å². The summed E-state index contributed by atoms with van der Waals surface area (Å²) < 4.78 is 24.4. The molecule has 29 heavy (non-hydrogen) atoms. The monoisotopic (exact) mass is 456 g/mol. The third kappa shape index (κ3) is 5.46. The molecule has 3 N–H and O–H groups in total. The van der Waals surface area contributed by atoms with E-state index in [1.54, 1.807) is 16.8 Å². The number of halogens is 1. The van der Waals surface area contributed by atoms with Crippen LogP contribution in [0.5, 0.6) is 0 Å². The Bertz CT molecular complexity index is 991. The molecule has 0 bridgehead atoms. The molecular weight excluding hydrogens is 432 g/mol. The quantitative estimate of drug-likeness (QED) is 0.678. The third-order valence-corrected chi connectivity index (χ3v) is 6.72. The number of benzene rings is 1. The molecule has 0 spiro atoms. The predicted molar refractivity (Wildman–Crippen MR) is 118 cm³/mol. The molecule has 2 heterocycles. The minimum absolute atomic E-state index is 0.0729. The van der Waals surface area contributed by atoms with Crippen LogP contribution in [0.15, 0.2) is 29.2 Å². The number of nitrogens with two attached hydrogens (primary N) is 1. The van der Waals surface area contributed by atoms with E-state index < -0.39 is 10.0 Å². The Morgan fingerprint density at radius 1 is 1.24 bits per heavy atom. The highest BCUT2D eigenvalue weighted by molar-refractivity contribution is 7.89. The van der Waals surface area contributed by atoms with E-state index in [0.29, 0.717) is 10.3 Å². The van der Waals surface area contributed by atoms with Gasteiger partial charge in [0.05, 0.1) is 10.6 Å². The maximum absolute atomic E-state index is 11.4. The maximum Gasteiger partial charge on any atom is 0.238 e. The first kappa shape index (κ1) is 22.0. The average Bonchev–Trinajstić information content (AvgIpc) is 2.83. The minimum Gasteiger partial charge on any atom is -0.348 e. The minimum atomic E-state index is -3.70. The van der Waals surface area contributed by atoms with Crippen LogP contribution in [-0.2, 0) is 23.6 Å². The van der Waals surface area contributed by atoms with E-state index >= 15 is 0 Å². The molecule has 1 aliphatic heterocycles. The summed E-state index contributed by atoms with van der Waals surface area (Å²) in [5.74, 6) is 0. The highest BCUT2D eigenvalue weighted by Gasteiger charge is 2.20. The number of anilines is 1. The van der Waals surface area contributed by atoms with Crippen LogP contribution in [0.4, 0.5) is 5.69 Å². The first-order valence-corrected chi connectivity index (χ1v) is 11.6. The van der Waals surface area contributed by atoms with E-state index in [2.05, 4.69) is 20.2 Å². The van der Waals surface area contributed by atoms with E-state index in [1.165, 1.54) is 12.1 Å². The second-order valence-corrected chi connectivity index (χ2v) is 9.40. The molecule has 1 aliphatic rings. The summed E-state index contributed by atoms with van der Waals surface area (Å²) >= 11 is 11.9. The van der Waals surface area contributed by atoms with Gasteiger partial charge < -0.3 is 10.2 Å². The number of sulfonamides is 1. The van der Waals surface area contributed by atoms with Crippen LogP contribution in [-0.4, -0.2) is 59.3 Å². The van der Waals surface area contributed by atoms with Crippen molar-refractivity contribution >= 4 is 44.6 Å². The molecule has 8 nitrogen and oxygen atoms in total. The summed E-state index contributed by atoms with van der Waals surface area (Å²) in [6.07, 6.45) is 0.975. The van der Waals surface area contributed by atoms with Crippen molar-refractivity contribution in [1.82, 2.24) is 19.6 Å². The summed E-state index contributed by atoms with van der Waals surface area (Å²) in [7, 11) is -1.85. The first-order valence-electron chi connectivity index (χ1n) is 9.24. The maximum atomic E-state index is 11.4. The number of hydrogen-bond acceptors (Lipinski definition) is 5. The topological polar surface area (TPSA) is 96.5 Å². The van der Waals surface area contributed by atoms with Crippen LogP contribution in [0, 0.1) is 6.92 Å². The van der Waals surface area contributed by atoms with Crippen molar-refractivity contribution < 1.29 is 8.42 Å². The van der Waals surface area contributed by atoms with Gasteiger partial charge in [-0.3, -0.25) is 9.58 Å². The van der Waals surface area contributed by atoms with Gasteiger partial charge in [-0.25, -0.2) is 13.6 Å². The van der Waals surface area contributed by atoms with Crippen LogP contribution in [0.2, 0.25) is 5.15 Å². The van der Waals surface area contributed by atoms with E-state index in [1.807, 2.05) is 14.0 Å². The molecule has 0 aliphatic carbocycles. The number of primary sulfonamides is 1. The lowest BCUT2D eigenvalue weighted by molar-refractivity contribution is 0.277. The Labute approximate surface area is 181 Å². The molecule has 2 aromatic rings. The normalized spacial score (nSPS) is 15.9. The summed E-state index contributed by atoms with van der Waals surface area (Å²) in [6, 6.07) is 6.24. The Balaban J connectivity index is 1.58. The van der Waals surface area contributed by atoms with Crippen LogP contribution in [0.3, 0.4) is 0 Å². The van der Waals surface area contributed by atoms with Gasteiger partial charge in [-0.15, -0.1) is 0 Å². The van der Waals surface area contributed by atoms with Gasteiger partial charge in [-0.2, -0.15) is 5.10 Å². The molecule has 1 fully saturated rings. The van der Waals surface area contributed by atoms with Gasteiger partial charge in [0, 0.05) is 51.0 Å². The second kappa shape index (κ2) is 8.97. The number of nitrogens with one attached hydrogen (secondary N) is 1. The first-order chi connectivity index (χ1) is 13.6. The molecule has 0 unspecified atom stereocenters. The number of aromatic nitrogens is 2. The Hall–Kier alpha value is -1.72. The van der Waals surface area contributed by atoms with Gasteiger partial charge in [0.15, 0.2) is 5.11 Å². The fourth-order valence-corrected chi connectivity index (χ4v) is 4.39. The summed E-state index contributed by atoms with van der Waals surface area (Å²) in [5.41, 5.74) is 2.75. The Morgan fingerprint density at radius 2 is 1.93 bits per heavy atom. The predicted octanol–water partition coefficient (Wildman–Crippen LogP) is 1.93. The number of aryl methyl sites for hydroxylation is 2. The zero-order chi connectivity index (χ0) is 21.2. The Kier molecular flexibility index (Phi) is 6.79. The van der Waals surface area contributed by atoms with E-state index in [4.69, 9.17) is 29.0 Å². The van der Waals surface area contributed by atoms with Crippen molar-refractivity contribution in [2.75, 3.05) is 31.5 Å². The molecule has 1 saturated heterocycles. The Morgan fingerprint density at radius 3 is 2.52 bits per heavy atom. The van der Waals surface area contributed by atoms with Gasteiger partial charge in [0.2, 0.25) is 10.0 Å². The zero-order valence-electron chi connectivity index (χ0n) is 16.4. The number of thiocarbonyl (C=S) groups is 1. The molecule has 1 aromatic carbocycles. The van der Waals surface area contributed by atoms with Crippen molar-refractivity contribution in [2.45, 2.75) is 24.8 Å². The molecule has 1 aromatic heterocycles. The number of nitrogens with zero attached hydrogens (tertiary/aromatic N) is 4. The van der Waals surface area contributed by atoms with Gasteiger partial charge in [-0.05, 0) is 49.8 Å². The van der Waals surface area contributed by atoms with Crippen LogP contribution >= 0.6 is 23.8 Å². The summed E-state index contributed by atoms with van der Waals surface area (Å²) in [6.45, 7) is 6.19. The molecule has 0 amide bonds. The van der Waals surface area contributed by atoms with Gasteiger partial charge in [0.25, 0.3) is 0 Å². The van der Waals surface area contributed by atoms with Gasteiger partial charge in [-0.1, -0.05) is 11.6 Å². The van der Waals surface area contributed by atoms with Crippen molar-refractivity contribution in [1.29, 1.82) is 0 Å². The SMILES string of the molecule is Cc1nn(C)c(Cl)c1CN1CCCN(C(=S)Nc2ccc(S(N)(=O)=O)cc2)CC1. The number of rotatable bonds is 4. The second-order valence-electron chi connectivity index (χ2n) is 7.09. The molecule has 158 valence electrons. The summed E-state index contributed by atoms with van der Waals surface area (Å²) in [4.78, 5) is 4.56. The number of hydrogen-bond donors (Lipinski definition) is 2. The fraction of sp³-hybridized carbons (Fsp3) is 0.444. The van der Waals surface area contributed by atoms with Gasteiger partial charge in [0.1, 0.15) is 5.15 Å². The van der Waals surface area contributed by atoms with Gasteiger partial charge >= 0.3 is 0 Å². The fourth-order valence-electron chi connectivity index (χ4n) is 3.34. The lowest BCUT2D eigenvalue weighted by atomic mass is 10.2. The zero-order valence-corrected chi connectivity index (χ0v) is 18.8. The van der Waals surface area contributed by atoms with Crippen molar-refractivity contribution in [3.8, 4) is 0 Å².